The quantitative estimate of drug-likeness (QED) is 0.392. The van der Waals surface area contributed by atoms with Crippen LogP contribution in [-0.4, -0.2) is 74.9 Å². The Labute approximate surface area is 217 Å². The lowest BCUT2D eigenvalue weighted by Crippen LogP contribution is -2.58. The maximum Gasteiger partial charge on any atom is 0.407 e. The topological polar surface area (TPSA) is 130 Å². The Morgan fingerprint density at radius 1 is 1.24 bits per heavy atom. The van der Waals surface area contributed by atoms with E-state index in [0.29, 0.717) is 29.4 Å². The average molecular weight is 520 g/mol. The smallest absolute Gasteiger partial charge is 0.407 e. The molecule has 2 aromatic heterocycles. The van der Waals surface area contributed by atoms with Gasteiger partial charge in [-0.3, -0.25) is 9.58 Å². The number of ether oxygens (including phenoxy) is 2. The molecule has 12 heteroatoms. The molecule has 5 rings (SSSR count). The Hall–Kier alpha value is -4.50. The van der Waals surface area contributed by atoms with Gasteiger partial charge in [-0.05, 0) is 38.1 Å². The van der Waals surface area contributed by atoms with E-state index in [4.69, 9.17) is 9.47 Å². The molecule has 11 nitrogen and oxygen atoms in total. The van der Waals surface area contributed by atoms with Crippen LogP contribution in [0.1, 0.15) is 19.5 Å². The highest BCUT2D eigenvalue weighted by atomic mass is 19.1. The molecule has 1 aliphatic rings. The number of methoxy groups -OCH3 is 1. The van der Waals surface area contributed by atoms with Crippen LogP contribution < -0.4 is 9.64 Å². The van der Waals surface area contributed by atoms with Gasteiger partial charge in [-0.2, -0.15) is 10.4 Å². The van der Waals surface area contributed by atoms with Crippen molar-refractivity contribution in [1.82, 2.24) is 24.6 Å². The monoisotopic (exact) mass is 519 g/mol. The summed E-state index contributed by atoms with van der Waals surface area (Å²) in [5.74, 6) is -0.650. The maximum atomic E-state index is 15.4. The number of nitriles is 1. The van der Waals surface area contributed by atoms with Gasteiger partial charge < -0.3 is 19.5 Å². The van der Waals surface area contributed by atoms with Gasteiger partial charge in [0.2, 0.25) is 0 Å². The second-order valence-corrected chi connectivity index (χ2v) is 9.36. The van der Waals surface area contributed by atoms with Gasteiger partial charge in [0.25, 0.3) is 0 Å². The number of halogens is 1. The molecule has 1 N–H and O–H groups in total. The van der Waals surface area contributed by atoms with E-state index in [1.807, 2.05) is 26.0 Å². The lowest BCUT2D eigenvalue weighted by atomic mass is 10.1. The second-order valence-electron chi connectivity index (χ2n) is 9.36. The number of aromatic nitrogens is 4. The molecule has 1 fully saturated rings. The van der Waals surface area contributed by atoms with Gasteiger partial charge in [0.1, 0.15) is 11.6 Å². The van der Waals surface area contributed by atoms with Gasteiger partial charge in [0.05, 0.1) is 23.2 Å². The largest absolute Gasteiger partial charge is 0.465 e. The zero-order valence-electron chi connectivity index (χ0n) is 21.3. The summed E-state index contributed by atoms with van der Waals surface area (Å²) in [6.07, 6.45) is 0.734. The molecule has 2 atom stereocenters. The minimum absolute atomic E-state index is 0.114. The van der Waals surface area contributed by atoms with Crippen LogP contribution in [-0.2, 0) is 11.8 Å². The number of carboxylic acid groups (broad SMARTS) is 1. The molecule has 0 aliphatic carbocycles. The van der Waals surface area contributed by atoms with Crippen molar-refractivity contribution in [3.8, 4) is 23.2 Å². The lowest BCUT2D eigenvalue weighted by molar-refractivity contribution is 0.0489. The van der Waals surface area contributed by atoms with Gasteiger partial charge in [0.15, 0.2) is 29.9 Å². The first-order valence-corrected chi connectivity index (χ1v) is 12.0. The van der Waals surface area contributed by atoms with Crippen molar-refractivity contribution in [2.75, 3.05) is 31.9 Å². The maximum absolute atomic E-state index is 15.4. The minimum Gasteiger partial charge on any atom is -0.465 e. The Balaban J connectivity index is 1.59. The first kappa shape index (κ1) is 25.2. The first-order valence-electron chi connectivity index (χ1n) is 12.0. The van der Waals surface area contributed by atoms with Crippen molar-refractivity contribution < 1.29 is 23.8 Å². The van der Waals surface area contributed by atoms with Gasteiger partial charge in [0, 0.05) is 49.9 Å². The third-order valence-corrected chi connectivity index (χ3v) is 6.66. The number of carbonyl (C=O) groups is 1. The van der Waals surface area contributed by atoms with Crippen molar-refractivity contribution in [2.45, 2.75) is 25.9 Å². The molecule has 0 unspecified atom stereocenters. The summed E-state index contributed by atoms with van der Waals surface area (Å²) >= 11 is 0. The normalized spacial score (nSPS) is 17.7. The van der Waals surface area contributed by atoms with Crippen molar-refractivity contribution in [2.24, 2.45) is 7.05 Å². The molecular weight excluding hydrogens is 493 g/mol. The number of hydrogen-bond acceptors (Lipinski definition) is 8. The van der Waals surface area contributed by atoms with E-state index in [0.717, 1.165) is 5.69 Å². The Morgan fingerprint density at radius 2 is 1.97 bits per heavy atom. The van der Waals surface area contributed by atoms with Crippen molar-refractivity contribution in [3.05, 3.63) is 42.0 Å². The highest BCUT2D eigenvalue weighted by Gasteiger charge is 2.33. The van der Waals surface area contributed by atoms with Gasteiger partial charge in [-0.1, -0.05) is 0 Å². The van der Waals surface area contributed by atoms with Crippen LogP contribution in [0.25, 0.3) is 33.2 Å². The van der Waals surface area contributed by atoms with Crippen LogP contribution in [0.3, 0.4) is 0 Å². The summed E-state index contributed by atoms with van der Waals surface area (Å²) in [7, 11) is 3.12. The summed E-state index contributed by atoms with van der Waals surface area (Å²) in [5, 5.41) is 24.7. The molecule has 0 bridgehead atoms. The van der Waals surface area contributed by atoms with Gasteiger partial charge in [-0.15, -0.1) is 0 Å². The fraction of sp³-hybridized carbons (Fsp3) is 0.346. The predicted octanol–water partition coefficient (Wildman–Crippen LogP) is 3.75. The Bertz CT molecular complexity index is 1590. The minimum atomic E-state index is -0.939. The molecule has 1 aliphatic heterocycles. The molecule has 4 aromatic rings. The molecule has 2 aromatic carbocycles. The van der Waals surface area contributed by atoms with Gasteiger partial charge >= 0.3 is 6.09 Å². The molecule has 38 heavy (non-hydrogen) atoms. The van der Waals surface area contributed by atoms with E-state index in [-0.39, 0.29) is 47.2 Å². The highest BCUT2D eigenvalue weighted by molar-refractivity contribution is 5.91. The van der Waals surface area contributed by atoms with Gasteiger partial charge in [-0.25, -0.2) is 19.2 Å². The molecule has 0 radical (unpaired) electrons. The fourth-order valence-corrected chi connectivity index (χ4v) is 5.08. The molecule has 3 heterocycles. The van der Waals surface area contributed by atoms with Crippen molar-refractivity contribution in [3.63, 3.8) is 0 Å². The zero-order valence-corrected chi connectivity index (χ0v) is 21.3. The zero-order chi connectivity index (χ0) is 27.1. The molecule has 0 saturated carbocycles. The van der Waals surface area contributed by atoms with E-state index in [2.05, 4.69) is 26.0 Å². The van der Waals surface area contributed by atoms with E-state index < -0.39 is 11.9 Å². The summed E-state index contributed by atoms with van der Waals surface area (Å²) in [5.41, 5.74) is 1.88. The molecule has 0 spiro atoms. The Morgan fingerprint density at radius 3 is 2.63 bits per heavy atom. The standard InChI is InChI=1S/C26H26FN7O4/c1-14-10-33(11-15(2)34(14)26(35)36)17-5-6-20-18(8-17)21(9-28)30-25(29-20)19-7-16-12-32(3)31-23(16)22(27)24(19)38-13-37-4/h5-8,12,14-15H,10-11,13H2,1-4H3,(H,35,36)/t14-,15+. The van der Waals surface area contributed by atoms with Crippen LogP contribution in [0.15, 0.2) is 30.5 Å². The SMILES string of the molecule is COCOc1c(-c2nc(C#N)c3cc(N4C[C@@H](C)N(C(=O)O)[C@@H](C)C4)ccc3n2)cc2cn(C)nc2c1F. The summed E-state index contributed by atoms with van der Waals surface area (Å²) < 4.78 is 27.5. The number of anilines is 1. The van der Waals surface area contributed by atoms with Crippen LogP contribution >= 0.6 is 0 Å². The van der Waals surface area contributed by atoms with Crippen LogP contribution in [0, 0.1) is 17.1 Å². The number of nitrogens with zero attached hydrogens (tertiary/aromatic N) is 7. The molecular formula is C26H26FN7O4. The third-order valence-electron chi connectivity index (χ3n) is 6.66. The summed E-state index contributed by atoms with van der Waals surface area (Å²) in [4.78, 5) is 24.3. The van der Waals surface area contributed by atoms with Crippen molar-refractivity contribution in [1.29, 1.82) is 5.26 Å². The van der Waals surface area contributed by atoms with Crippen LogP contribution in [0.5, 0.6) is 5.75 Å². The number of fused-ring (bicyclic) bond motifs is 2. The number of aryl methyl sites for hydroxylation is 1. The van der Waals surface area contributed by atoms with E-state index in [1.54, 1.807) is 25.4 Å². The molecule has 196 valence electrons. The van der Waals surface area contributed by atoms with E-state index in [9.17, 15) is 15.2 Å². The Kier molecular flexibility index (Phi) is 6.46. The summed E-state index contributed by atoms with van der Waals surface area (Å²) in [6, 6.07) is 8.90. The first-order chi connectivity index (χ1) is 18.2. The number of rotatable bonds is 5. The average Bonchev–Trinajstić information content (AvgIpc) is 3.27. The second kappa shape index (κ2) is 9.75. The van der Waals surface area contributed by atoms with E-state index in [1.165, 1.54) is 16.7 Å². The van der Waals surface area contributed by atoms with Crippen LogP contribution in [0.4, 0.5) is 14.9 Å². The molecule has 1 saturated heterocycles. The number of amides is 1. The fourth-order valence-electron chi connectivity index (χ4n) is 5.08. The summed E-state index contributed by atoms with van der Waals surface area (Å²) in [6.45, 7) is 4.56. The van der Waals surface area contributed by atoms with E-state index >= 15 is 4.39 Å². The predicted molar refractivity (Wildman–Crippen MR) is 137 cm³/mol. The van der Waals surface area contributed by atoms with Crippen LogP contribution in [0.2, 0.25) is 0 Å². The number of piperazine rings is 1. The lowest BCUT2D eigenvalue weighted by Gasteiger charge is -2.44. The highest BCUT2D eigenvalue weighted by Crippen LogP contribution is 2.37. The number of hydrogen-bond donors (Lipinski definition) is 1. The number of benzene rings is 2. The molecule has 1 amide bonds. The third kappa shape index (κ3) is 4.31. The van der Waals surface area contributed by atoms with Crippen molar-refractivity contribution >= 4 is 33.6 Å².